The van der Waals surface area contributed by atoms with Crippen molar-refractivity contribution in [2.45, 2.75) is 32.2 Å². The van der Waals surface area contributed by atoms with Gasteiger partial charge in [-0.2, -0.15) is 0 Å². The van der Waals surface area contributed by atoms with Crippen molar-refractivity contribution in [1.29, 1.82) is 0 Å². The van der Waals surface area contributed by atoms with Crippen molar-refractivity contribution in [2.24, 2.45) is 0 Å². The minimum atomic E-state index is 0.484. The van der Waals surface area contributed by atoms with E-state index in [0.29, 0.717) is 6.04 Å². The van der Waals surface area contributed by atoms with E-state index >= 15 is 0 Å². The van der Waals surface area contributed by atoms with E-state index in [4.69, 9.17) is 0 Å². The number of halogens is 1. The number of pyridine rings is 1. The van der Waals surface area contributed by atoms with Crippen molar-refractivity contribution in [3.8, 4) is 0 Å². The maximum atomic E-state index is 4.09. The Balaban J connectivity index is 2.01. The lowest BCUT2D eigenvalue weighted by Gasteiger charge is -2.19. The van der Waals surface area contributed by atoms with Gasteiger partial charge in [0.2, 0.25) is 0 Å². The summed E-state index contributed by atoms with van der Waals surface area (Å²) in [5.41, 5.74) is 2.74. The van der Waals surface area contributed by atoms with Gasteiger partial charge in [-0.1, -0.05) is 19.1 Å². The van der Waals surface area contributed by atoms with Crippen molar-refractivity contribution in [1.82, 2.24) is 10.3 Å². The predicted molar refractivity (Wildman–Crippen MR) is 92.9 cm³/mol. The first-order valence-corrected chi connectivity index (χ1v) is 8.22. The van der Waals surface area contributed by atoms with E-state index < -0.39 is 0 Å². The molecule has 2 rings (SSSR count). The molecule has 2 aromatic rings. The Morgan fingerprint density at radius 2 is 1.60 bits per heavy atom. The molecule has 0 aliphatic rings. The molecule has 1 N–H and O–H groups in total. The normalized spacial score (nSPS) is 12.3. The average Bonchev–Trinajstić information content (AvgIpc) is 2.48. The van der Waals surface area contributed by atoms with Gasteiger partial charge in [0.15, 0.2) is 0 Å². The standard InChI is InChI=1S/C17H21IN2/c1-2-9-20-17(13-15-7-10-19-11-8-15)12-14-3-5-16(18)6-4-14/h3-8,10-11,17,20H,2,9,12-13H2,1H3. The zero-order valence-electron chi connectivity index (χ0n) is 11.8. The Kier molecular flexibility index (Phi) is 6.47. The van der Waals surface area contributed by atoms with Gasteiger partial charge in [-0.15, -0.1) is 0 Å². The van der Waals surface area contributed by atoms with E-state index in [9.17, 15) is 0 Å². The molecule has 0 radical (unpaired) electrons. The van der Waals surface area contributed by atoms with Crippen LogP contribution in [0.5, 0.6) is 0 Å². The Morgan fingerprint density at radius 3 is 2.20 bits per heavy atom. The molecule has 0 aliphatic carbocycles. The molecule has 1 atom stereocenters. The van der Waals surface area contributed by atoms with Gasteiger partial charge < -0.3 is 5.32 Å². The largest absolute Gasteiger partial charge is 0.313 e. The number of rotatable bonds is 7. The van der Waals surface area contributed by atoms with Gasteiger partial charge in [-0.25, -0.2) is 0 Å². The maximum absolute atomic E-state index is 4.09. The van der Waals surface area contributed by atoms with Crippen LogP contribution in [0.4, 0.5) is 0 Å². The van der Waals surface area contributed by atoms with Crippen LogP contribution in [0.3, 0.4) is 0 Å². The van der Waals surface area contributed by atoms with Gasteiger partial charge in [-0.05, 0) is 83.8 Å². The number of aromatic nitrogens is 1. The third-order valence-corrected chi connectivity index (χ3v) is 4.03. The Hall–Kier alpha value is -0.940. The van der Waals surface area contributed by atoms with Crippen molar-refractivity contribution >= 4 is 22.6 Å². The first-order valence-electron chi connectivity index (χ1n) is 7.14. The van der Waals surface area contributed by atoms with E-state index in [0.717, 1.165) is 19.4 Å². The van der Waals surface area contributed by atoms with E-state index in [1.54, 1.807) is 0 Å². The molecule has 1 aromatic carbocycles. The zero-order valence-corrected chi connectivity index (χ0v) is 14.0. The van der Waals surface area contributed by atoms with Gasteiger partial charge in [0.05, 0.1) is 0 Å². The first kappa shape index (κ1) is 15.4. The van der Waals surface area contributed by atoms with Gasteiger partial charge in [0.25, 0.3) is 0 Å². The molecule has 0 bridgehead atoms. The second-order valence-electron chi connectivity index (χ2n) is 5.04. The monoisotopic (exact) mass is 380 g/mol. The number of nitrogens with zero attached hydrogens (tertiary/aromatic N) is 1. The molecule has 20 heavy (non-hydrogen) atoms. The van der Waals surface area contributed by atoms with Crippen LogP contribution < -0.4 is 5.32 Å². The summed E-state index contributed by atoms with van der Waals surface area (Å²) in [5.74, 6) is 0. The van der Waals surface area contributed by atoms with Crippen LogP contribution in [0.25, 0.3) is 0 Å². The summed E-state index contributed by atoms with van der Waals surface area (Å²) in [7, 11) is 0. The quantitative estimate of drug-likeness (QED) is 0.739. The van der Waals surface area contributed by atoms with E-state index in [1.807, 2.05) is 12.4 Å². The molecule has 0 saturated carbocycles. The van der Waals surface area contributed by atoms with Gasteiger partial charge in [-0.3, -0.25) is 4.98 Å². The summed E-state index contributed by atoms with van der Waals surface area (Å²) in [6.07, 6.45) is 7.03. The second-order valence-corrected chi connectivity index (χ2v) is 6.29. The van der Waals surface area contributed by atoms with Crippen LogP contribution >= 0.6 is 22.6 Å². The molecule has 1 aromatic heterocycles. The molecule has 2 nitrogen and oxygen atoms in total. The van der Waals surface area contributed by atoms with E-state index in [2.05, 4.69) is 76.2 Å². The predicted octanol–water partition coefficient (Wildman–Crippen LogP) is 3.84. The molecular formula is C17H21IN2. The Morgan fingerprint density at radius 1 is 1.00 bits per heavy atom. The molecule has 0 amide bonds. The topological polar surface area (TPSA) is 24.9 Å². The summed E-state index contributed by atoms with van der Waals surface area (Å²) >= 11 is 2.35. The van der Waals surface area contributed by atoms with E-state index in [-0.39, 0.29) is 0 Å². The molecule has 106 valence electrons. The number of hydrogen-bond acceptors (Lipinski definition) is 2. The average molecular weight is 380 g/mol. The highest BCUT2D eigenvalue weighted by molar-refractivity contribution is 14.1. The third kappa shape index (κ3) is 5.21. The number of hydrogen-bond donors (Lipinski definition) is 1. The van der Waals surface area contributed by atoms with Crippen LogP contribution in [-0.4, -0.2) is 17.6 Å². The van der Waals surface area contributed by atoms with Crippen LogP contribution in [-0.2, 0) is 12.8 Å². The molecule has 0 spiro atoms. The highest BCUT2D eigenvalue weighted by atomic mass is 127. The minimum Gasteiger partial charge on any atom is -0.313 e. The smallest absolute Gasteiger partial charge is 0.0270 e. The van der Waals surface area contributed by atoms with Crippen molar-refractivity contribution in [3.05, 3.63) is 63.5 Å². The van der Waals surface area contributed by atoms with Crippen molar-refractivity contribution < 1.29 is 0 Å². The van der Waals surface area contributed by atoms with Gasteiger partial charge in [0.1, 0.15) is 0 Å². The number of benzene rings is 1. The Labute approximate surface area is 135 Å². The number of nitrogens with one attached hydrogen (secondary N) is 1. The van der Waals surface area contributed by atoms with Crippen LogP contribution in [0.1, 0.15) is 24.5 Å². The third-order valence-electron chi connectivity index (χ3n) is 3.31. The Bertz CT molecular complexity index is 496. The highest BCUT2D eigenvalue weighted by Crippen LogP contribution is 2.11. The molecule has 1 heterocycles. The fourth-order valence-corrected chi connectivity index (χ4v) is 2.63. The maximum Gasteiger partial charge on any atom is 0.0270 e. The fraction of sp³-hybridized carbons (Fsp3) is 0.353. The summed E-state index contributed by atoms with van der Waals surface area (Å²) in [5, 5.41) is 3.66. The zero-order chi connectivity index (χ0) is 14.2. The SMILES string of the molecule is CCCNC(Cc1ccncc1)Cc1ccc(I)cc1. The molecule has 1 unspecified atom stereocenters. The van der Waals surface area contributed by atoms with Crippen LogP contribution in [0, 0.1) is 3.57 Å². The molecule has 3 heteroatoms. The summed E-state index contributed by atoms with van der Waals surface area (Å²) in [6, 6.07) is 13.5. The van der Waals surface area contributed by atoms with Gasteiger partial charge in [0, 0.05) is 22.0 Å². The lowest BCUT2D eigenvalue weighted by Crippen LogP contribution is -2.33. The lowest BCUT2D eigenvalue weighted by atomic mass is 9.99. The van der Waals surface area contributed by atoms with Crippen LogP contribution in [0.15, 0.2) is 48.8 Å². The lowest BCUT2D eigenvalue weighted by molar-refractivity contribution is 0.504. The second kappa shape index (κ2) is 8.37. The minimum absolute atomic E-state index is 0.484. The van der Waals surface area contributed by atoms with Crippen LogP contribution in [0.2, 0.25) is 0 Å². The van der Waals surface area contributed by atoms with Crippen molar-refractivity contribution in [3.63, 3.8) is 0 Å². The fourth-order valence-electron chi connectivity index (χ4n) is 2.27. The molecular weight excluding hydrogens is 359 g/mol. The first-order chi connectivity index (χ1) is 9.78. The van der Waals surface area contributed by atoms with Gasteiger partial charge >= 0.3 is 0 Å². The van der Waals surface area contributed by atoms with Crippen molar-refractivity contribution in [2.75, 3.05) is 6.54 Å². The summed E-state index contributed by atoms with van der Waals surface area (Å²) < 4.78 is 1.29. The molecule has 0 fully saturated rings. The summed E-state index contributed by atoms with van der Waals surface area (Å²) in [6.45, 7) is 3.28. The molecule has 0 saturated heterocycles. The van der Waals surface area contributed by atoms with E-state index in [1.165, 1.54) is 21.1 Å². The highest BCUT2D eigenvalue weighted by Gasteiger charge is 2.10. The summed E-state index contributed by atoms with van der Waals surface area (Å²) in [4.78, 5) is 4.09. The molecule has 0 aliphatic heterocycles.